The van der Waals surface area contributed by atoms with Gasteiger partial charge in [0.05, 0.1) is 6.61 Å². The number of fused-ring (bicyclic) bond motifs is 1. The maximum Gasteiger partial charge on any atom is 0.194 e. The fraction of sp³-hybridized carbons (Fsp3) is 0.526. The molecule has 0 amide bonds. The van der Waals surface area contributed by atoms with Gasteiger partial charge in [0.1, 0.15) is 17.9 Å². The predicted octanol–water partition coefficient (Wildman–Crippen LogP) is 3.63. The van der Waals surface area contributed by atoms with E-state index in [2.05, 4.69) is 29.3 Å². The van der Waals surface area contributed by atoms with Crippen molar-refractivity contribution in [3.05, 3.63) is 36.1 Å². The van der Waals surface area contributed by atoms with Crippen LogP contribution in [0.25, 0.3) is 11.0 Å². The van der Waals surface area contributed by atoms with Crippen LogP contribution in [0.2, 0.25) is 0 Å². The van der Waals surface area contributed by atoms with E-state index in [1.54, 1.807) is 0 Å². The van der Waals surface area contributed by atoms with Gasteiger partial charge < -0.3 is 19.4 Å². The second kappa shape index (κ2) is 7.95. The van der Waals surface area contributed by atoms with E-state index in [1.165, 1.54) is 12.8 Å². The van der Waals surface area contributed by atoms with E-state index in [1.807, 2.05) is 18.2 Å². The monoisotopic (exact) mass is 455 g/mol. The van der Waals surface area contributed by atoms with Crippen LogP contribution in [-0.2, 0) is 11.3 Å². The normalized spacial score (nSPS) is 23.4. The number of para-hydroxylation sites is 1. The average molecular weight is 455 g/mol. The van der Waals surface area contributed by atoms with Crippen molar-refractivity contribution in [1.82, 2.24) is 10.2 Å². The number of furan rings is 1. The molecule has 1 aromatic heterocycles. The molecular formula is C19H26IN3O2. The largest absolute Gasteiger partial charge is 0.459 e. The van der Waals surface area contributed by atoms with Gasteiger partial charge in [0, 0.05) is 37.0 Å². The molecule has 3 heterocycles. The molecule has 0 bridgehead atoms. The quantitative estimate of drug-likeness (QED) is 0.437. The molecule has 25 heavy (non-hydrogen) atoms. The van der Waals surface area contributed by atoms with Crippen LogP contribution in [0.4, 0.5) is 0 Å². The Morgan fingerprint density at radius 1 is 1.32 bits per heavy atom. The van der Waals surface area contributed by atoms with Crippen LogP contribution in [0.5, 0.6) is 0 Å². The van der Waals surface area contributed by atoms with Gasteiger partial charge in [-0.05, 0) is 31.9 Å². The highest BCUT2D eigenvalue weighted by atomic mass is 127. The van der Waals surface area contributed by atoms with E-state index in [0.29, 0.717) is 12.0 Å². The molecule has 1 aromatic carbocycles. The van der Waals surface area contributed by atoms with Crippen molar-refractivity contribution in [2.24, 2.45) is 10.4 Å². The molecule has 1 unspecified atom stereocenters. The van der Waals surface area contributed by atoms with Crippen LogP contribution >= 0.6 is 24.0 Å². The lowest BCUT2D eigenvalue weighted by atomic mass is 9.87. The summed E-state index contributed by atoms with van der Waals surface area (Å²) in [5.74, 6) is 1.89. The number of aliphatic imine (C=N–C) groups is 1. The Labute approximate surface area is 165 Å². The number of nitrogens with zero attached hydrogens (tertiary/aromatic N) is 2. The minimum atomic E-state index is 0. The second-order valence-electron chi connectivity index (χ2n) is 6.89. The van der Waals surface area contributed by atoms with Crippen LogP contribution in [0.3, 0.4) is 0 Å². The Morgan fingerprint density at radius 3 is 2.96 bits per heavy atom. The summed E-state index contributed by atoms with van der Waals surface area (Å²) in [5.41, 5.74) is 1.27. The molecule has 0 aliphatic carbocycles. The molecule has 2 aliphatic heterocycles. The molecular weight excluding hydrogens is 429 g/mol. The Bertz CT molecular complexity index is 704. The van der Waals surface area contributed by atoms with E-state index in [9.17, 15) is 0 Å². The summed E-state index contributed by atoms with van der Waals surface area (Å²) in [4.78, 5) is 7.19. The Kier molecular flexibility index (Phi) is 5.89. The summed E-state index contributed by atoms with van der Waals surface area (Å²) in [5, 5.41) is 4.56. The van der Waals surface area contributed by atoms with Crippen molar-refractivity contribution in [1.29, 1.82) is 0 Å². The molecule has 136 valence electrons. The molecule has 2 aliphatic rings. The first kappa shape index (κ1) is 18.5. The number of hydrogen-bond acceptors (Lipinski definition) is 3. The van der Waals surface area contributed by atoms with E-state index in [-0.39, 0.29) is 24.0 Å². The summed E-state index contributed by atoms with van der Waals surface area (Å²) in [7, 11) is 0. The van der Waals surface area contributed by atoms with Gasteiger partial charge in [-0.15, -0.1) is 24.0 Å². The van der Waals surface area contributed by atoms with Crippen molar-refractivity contribution in [2.75, 3.05) is 32.8 Å². The third-order valence-corrected chi connectivity index (χ3v) is 5.12. The highest BCUT2D eigenvalue weighted by Gasteiger charge is 2.42. The van der Waals surface area contributed by atoms with Crippen LogP contribution in [0.1, 0.15) is 25.5 Å². The summed E-state index contributed by atoms with van der Waals surface area (Å²) >= 11 is 0. The fourth-order valence-electron chi connectivity index (χ4n) is 3.78. The van der Waals surface area contributed by atoms with Crippen LogP contribution in [-0.4, -0.2) is 43.7 Å². The maximum atomic E-state index is 5.88. The van der Waals surface area contributed by atoms with Crippen LogP contribution in [0, 0.1) is 5.41 Å². The minimum Gasteiger partial charge on any atom is -0.459 e. The van der Waals surface area contributed by atoms with Gasteiger partial charge in [0.15, 0.2) is 5.96 Å². The van der Waals surface area contributed by atoms with Crippen molar-refractivity contribution < 1.29 is 9.15 Å². The van der Waals surface area contributed by atoms with Gasteiger partial charge in [0.25, 0.3) is 0 Å². The second-order valence-corrected chi connectivity index (χ2v) is 6.89. The number of benzene rings is 1. The predicted molar refractivity (Wildman–Crippen MR) is 111 cm³/mol. The third-order valence-electron chi connectivity index (χ3n) is 5.12. The van der Waals surface area contributed by atoms with Crippen LogP contribution in [0.15, 0.2) is 39.7 Å². The third kappa shape index (κ3) is 3.95. The van der Waals surface area contributed by atoms with Crippen molar-refractivity contribution in [3.8, 4) is 0 Å². The van der Waals surface area contributed by atoms with Crippen molar-refractivity contribution in [2.45, 2.75) is 26.3 Å². The van der Waals surface area contributed by atoms with Crippen molar-refractivity contribution >= 4 is 40.9 Å². The summed E-state index contributed by atoms with van der Waals surface area (Å²) in [6, 6.07) is 10.2. The van der Waals surface area contributed by atoms with E-state index in [4.69, 9.17) is 14.1 Å². The number of guanidine groups is 1. The molecule has 6 heteroatoms. The van der Waals surface area contributed by atoms with Gasteiger partial charge in [-0.25, -0.2) is 4.99 Å². The van der Waals surface area contributed by atoms with Gasteiger partial charge in [-0.1, -0.05) is 18.2 Å². The summed E-state index contributed by atoms with van der Waals surface area (Å²) in [6.07, 6.45) is 2.37. The maximum absolute atomic E-state index is 5.88. The molecule has 2 aromatic rings. The van der Waals surface area contributed by atoms with Crippen LogP contribution < -0.4 is 5.32 Å². The zero-order valence-corrected chi connectivity index (χ0v) is 17.0. The molecule has 0 saturated carbocycles. The lowest BCUT2D eigenvalue weighted by Crippen LogP contribution is -2.41. The SMILES string of the molecule is CCNC(=NCc1cc2ccccc2o1)N1CCC2(CCOC2)C1.I. The number of nitrogens with one attached hydrogen (secondary N) is 1. The smallest absolute Gasteiger partial charge is 0.194 e. The Morgan fingerprint density at radius 2 is 2.20 bits per heavy atom. The number of likely N-dealkylation sites (tertiary alicyclic amines) is 1. The highest BCUT2D eigenvalue weighted by Crippen LogP contribution is 2.38. The molecule has 0 radical (unpaired) electrons. The first-order chi connectivity index (χ1) is 11.8. The summed E-state index contributed by atoms with van der Waals surface area (Å²) < 4.78 is 11.5. The molecule has 5 nitrogen and oxygen atoms in total. The van der Waals surface area contributed by atoms with Crippen molar-refractivity contribution in [3.63, 3.8) is 0 Å². The number of ether oxygens (including phenoxy) is 1. The summed E-state index contributed by atoms with van der Waals surface area (Å²) in [6.45, 7) is 7.44. The first-order valence-electron chi connectivity index (χ1n) is 8.86. The highest BCUT2D eigenvalue weighted by molar-refractivity contribution is 14.0. The molecule has 2 saturated heterocycles. The zero-order chi connectivity index (χ0) is 16.4. The van der Waals surface area contributed by atoms with E-state index < -0.39 is 0 Å². The molecule has 4 rings (SSSR count). The van der Waals surface area contributed by atoms with Gasteiger partial charge >= 0.3 is 0 Å². The number of halogens is 1. The molecule has 2 fully saturated rings. The zero-order valence-electron chi connectivity index (χ0n) is 14.7. The number of hydrogen-bond donors (Lipinski definition) is 1. The fourth-order valence-corrected chi connectivity index (χ4v) is 3.78. The molecule has 1 atom stereocenters. The molecule has 1 N–H and O–H groups in total. The van der Waals surface area contributed by atoms with E-state index >= 15 is 0 Å². The minimum absolute atomic E-state index is 0. The lowest BCUT2D eigenvalue weighted by molar-refractivity contribution is 0.156. The number of rotatable bonds is 3. The lowest BCUT2D eigenvalue weighted by Gasteiger charge is -2.24. The van der Waals surface area contributed by atoms with E-state index in [0.717, 1.165) is 55.5 Å². The molecule has 1 spiro atoms. The topological polar surface area (TPSA) is 50.0 Å². The van der Waals surface area contributed by atoms with Gasteiger partial charge in [0.2, 0.25) is 0 Å². The average Bonchev–Trinajstić information content (AvgIpc) is 3.32. The first-order valence-corrected chi connectivity index (χ1v) is 8.86. The van der Waals surface area contributed by atoms with Gasteiger partial charge in [-0.3, -0.25) is 0 Å². The standard InChI is InChI=1S/C19H25N3O2.HI/c1-2-20-18(22-9-7-19(13-22)8-10-23-14-19)21-12-16-11-15-5-3-4-6-17(15)24-16;/h3-6,11H,2,7-10,12-14H2,1H3,(H,20,21);1H. The Balaban J connectivity index is 0.00000182. The Hall–Kier alpha value is -1.28. The van der Waals surface area contributed by atoms with Gasteiger partial charge in [-0.2, -0.15) is 0 Å².